The van der Waals surface area contributed by atoms with Crippen molar-refractivity contribution in [3.05, 3.63) is 24.3 Å². The molecule has 0 saturated heterocycles. The van der Waals surface area contributed by atoms with Crippen molar-refractivity contribution >= 4 is 19.8 Å². The van der Waals surface area contributed by atoms with Crippen LogP contribution in [0.5, 0.6) is 0 Å². The van der Waals surface area contributed by atoms with E-state index in [1.54, 1.807) is 0 Å². The fraction of sp³-hybridized carbons (Fsp3) is 0.902. The maximum atomic E-state index is 12.8. The van der Waals surface area contributed by atoms with Crippen LogP contribution in [0.3, 0.4) is 0 Å². The Morgan fingerprint density at radius 2 is 0.761 bits per heavy atom. The van der Waals surface area contributed by atoms with E-state index in [4.69, 9.17) is 18.5 Å². The number of rotatable bonds is 57. The minimum absolute atomic E-state index is 0.0273. The van der Waals surface area contributed by atoms with Gasteiger partial charge in [-0.2, -0.15) is 0 Å². The zero-order chi connectivity index (χ0) is 52.0. The van der Waals surface area contributed by atoms with E-state index in [0.717, 1.165) is 38.5 Å². The van der Waals surface area contributed by atoms with Crippen LogP contribution in [0, 0.1) is 0 Å². The smallest absolute Gasteiger partial charge is 0.306 e. The van der Waals surface area contributed by atoms with Gasteiger partial charge in [0.2, 0.25) is 0 Å². The fourth-order valence-corrected chi connectivity index (χ4v) is 9.71. The van der Waals surface area contributed by atoms with Gasteiger partial charge in [-0.3, -0.25) is 14.2 Å². The normalized spacial score (nSPS) is 13.4. The Bertz CT molecular complexity index is 1250. The molecule has 0 aromatic carbocycles. The number of ether oxygens (including phenoxy) is 2. The molecule has 420 valence electrons. The van der Waals surface area contributed by atoms with Gasteiger partial charge in [-0.05, 0) is 44.9 Å². The van der Waals surface area contributed by atoms with Gasteiger partial charge in [0.1, 0.15) is 19.8 Å². The standard InChI is InChI=1S/C61H118NO8P/c1-6-8-10-12-14-16-18-20-22-24-26-27-28-29-30-31-32-33-34-35-36-38-40-42-44-46-48-50-52-54-61(64)70-59(58-69-71(65,66)68-56-55-62(3,4)5)57-67-60(63)53-51-49-47-45-43-41-39-37-25-23-21-19-17-15-13-11-9-7-2/h18,20,24,26,59H,6-17,19,21-23,25,27-58H2,1-5H3/b20-18-,26-24-. The quantitative estimate of drug-likeness (QED) is 0.0195. The minimum Gasteiger partial charge on any atom is -0.756 e. The topological polar surface area (TPSA) is 111 Å². The first kappa shape index (κ1) is 69.5. The first-order chi connectivity index (χ1) is 34.5. The highest BCUT2D eigenvalue weighted by Gasteiger charge is 2.22. The molecule has 9 nitrogen and oxygen atoms in total. The maximum Gasteiger partial charge on any atom is 0.306 e. The van der Waals surface area contributed by atoms with Crippen molar-refractivity contribution in [1.29, 1.82) is 0 Å². The van der Waals surface area contributed by atoms with Gasteiger partial charge in [0.25, 0.3) is 7.82 Å². The maximum absolute atomic E-state index is 12.8. The van der Waals surface area contributed by atoms with Crippen LogP contribution in [0.15, 0.2) is 24.3 Å². The lowest BCUT2D eigenvalue weighted by Crippen LogP contribution is -2.37. The van der Waals surface area contributed by atoms with Gasteiger partial charge in [0, 0.05) is 12.8 Å². The van der Waals surface area contributed by atoms with Crippen molar-refractivity contribution in [2.24, 2.45) is 0 Å². The Kier molecular flexibility index (Phi) is 52.2. The fourth-order valence-electron chi connectivity index (χ4n) is 8.98. The van der Waals surface area contributed by atoms with Crippen LogP contribution in [0.25, 0.3) is 0 Å². The summed E-state index contributed by atoms with van der Waals surface area (Å²) in [5.41, 5.74) is 0. The summed E-state index contributed by atoms with van der Waals surface area (Å²) in [4.78, 5) is 37.9. The van der Waals surface area contributed by atoms with E-state index in [2.05, 4.69) is 38.2 Å². The van der Waals surface area contributed by atoms with Crippen LogP contribution in [0.1, 0.15) is 303 Å². The Morgan fingerprint density at radius 3 is 1.11 bits per heavy atom. The number of quaternary nitrogens is 1. The summed E-state index contributed by atoms with van der Waals surface area (Å²) in [6.45, 7) is 4.29. The molecule has 0 radical (unpaired) electrons. The second kappa shape index (κ2) is 53.3. The zero-order valence-corrected chi connectivity index (χ0v) is 48.6. The predicted octanol–water partition coefficient (Wildman–Crippen LogP) is 18.4. The molecule has 0 bridgehead atoms. The molecule has 0 aromatic heterocycles. The largest absolute Gasteiger partial charge is 0.756 e. The zero-order valence-electron chi connectivity index (χ0n) is 47.7. The molecule has 0 amide bonds. The lowest BCUT2D eigenvalue weighted by molar-refractivity contribution is -0.870. The van der Waals surface area contributed by atoms with Crippen molar-refractivity contribution in [1.82, 2.24) is 0 Å². The van der Waals surface area contributed by atoms with E-state index in [1.807, 2.05) is 21.1 Å². The van der Waals surface area contributed by atoms with E-state index in [9.17, 15) is 19.0 Å². The lowest BCUT2D eigenvalue weighted by Gasteiger charge is -2.28. The van der Waals surface area contributed by atoms with Crippen molar-refractivity contribution in [3.8, 4) is 0 Å². The van der Waals surface area contributed by atoms with Gasteiger partial charge < -0.3 is 27.9 Å². The van der Waals surface area contributed by atoms with Gasteiger partial charge in [0.15, 0.2) is 6.10 Å². The monoisotopic (exact) mass is 1020 g/mol. The van der Waals surface area contributed by atoms with Gasteiger partial charge in [-0.1, -0.05) is 269 Å². The van der Waals surface area contributed by atoms with Crippen molar-refractivity contribution in [3.63, 3.8) is 0 Å². The number of unbranched alkanes of at least 4 members (excludes halogenated alkanes) is 39. The predicted molar refractivity (Wildman–Crippen MR) is 301 cm³/mol. The number of carbonyl (C=O) groups excluding carboxylic acids is 2. The number of carbonyl (C=O) groups is 2. The molecule has 0 saturated carbocycles. The molecule has 0 aliphatic carbocycles. The van der Waals surface area contributed by atoms with E-state index in [-0.39, 0.29) is 32.0 Å². The third-order valence-electron chi connectivity index (χ3n) is 13.7. The summed E-state index contributed by atoms with van der Waals surface area (Å²) < 4.78 is 34.2. The molecule has 2 atom stereocenters. The number of esters is 2. The summed E-state index contributed by atoms with van der Waals surface area (Å²) in [7, 11) is 1.18. The molecule has 0 aliphatic rings. The number of hydrogen-bond acceptors (Lipinski definition) is 8. The number of likely N-dealkylation sites (N-methyl/N-ethyl adjacent to an activating group) is 1. The summed E-state index contributed by atoms with van der Waals surface area (Å²) in [5.74, 6) is -0.814. The molecule has 0 N–H and O–H groups in total. The first-order valence-electron chi connectivity index (χ1n) is 30.5. The van der Waals surface area contributed by atoms with Gasteiger partial charge in [0.05, 0.1) is 27.7 Å². The van der Waals surface area contributed by atoms with E-state index in [0.29, 0.717) is 17.4 Å². The van der Waals surface area contributed by atoms with Crippen molar-refractivity contribution in [2.45, 2.75) is 309 Å². The number of allylic oxidation sites excluding steroid dienone is 4. The molecule has 0 aliphatic heterocycles. The Labute approximate surface area is 440 Å². The van der Waals surface area contributed by atoms with Crippen LogP contribution < -0.4 is 4.89 Å². The van der Waals surface area contributed by atoms with E-state index >= 15 is 0 Å². The van der Waals surface area contributed by atoms with E-state index < -0.39 is 26.5 Å². The Hall–Kier alpha value is -1.51. The summed E-state index contributed by atoms with van der Waals surface area (Å²) >= 11 is 0. The average molecular weight is 1020 g/mol. The molecule has 2 unspecified atom stereocenters. The molecule has 0 spiro atoms. The third kappa shape index (κ3) is 57.6. The number of phosphoric acid groups is 1. The SMILES string of the molecule is CCCCCCC/C=C\C/C=C\CCCCCCCCCCCCCCCCCCCC(=O)OC(COC(=O)CCCCCCCCCCCCCCCCCCCC)COP(=O)([O-])OCC[N+](C)(C)C. The van der Waals surface area contributed by atoms with E-state index in [1.165, 1.54) is 231 Å². The average Bonchev–Trinajstić information content (AvgIpc) is 3.33. The van der Waals surface area contributed by atoms with Crippen LogP contribution in [0.4, 0.5) is 0 Å². The van der Waals surface area contributed by atoms with Gasteiger partial charge in [-0.15, -0.1) is 0 Å². The highest BCUT2D eigenvalue weighted by Crippen LogP contribution is 2.38. The molecule has 10 heteroatoms. The van der Waals surface area contributed by atoms with Gasteiger partial charge >= 0.3 is 11.9 Å². The second-order valence-corrected chi connectivity index (χ2v) is 23.5. The summed E-state index contributed by atoms with van der Waals surface area (Å²) in [6.07, 6.45) is 63.7. The molecule has 0 fully saturated rings. The Balaban J connectivity index is 4.06. The second-order valence-electron chi connectivity index (χ2n) is 22.1. The number of phosphoric ester groups is 1. The molecule has 0 rings (SSSR count). The van der Waals surface area contributed by atoms with Crippen molar-refractivity contribution < 1.29 is 42.1 Å². The van der Waals surface area contributed by atoms with Crippen LogP contribution in [0.2, 0.25) is 0 Å². The third-order valence-corrected chi connectivity index (χ3v) is 14.7. The van der Waals surface area contributed by atoms with Crippen LogP contribution in [-0.4, -0.2) is 70.0 Å². The Morgan fingerprint density at radius 1 is 0.437 bits per heavy atom. The van der Waals surface area contributed by atoms with Crippen LogP contribution in [-0.2, 0) is 32.7 Å². The highest BCUT2D eigenvalue weighted by atomic mass is 31.2. The summed E-state index contributed by atoms with van der Waals surface area (Å²) in [6, 6.07) is 0. The molecule has 0 heterocycles. The molecule has 71 heavy (non-hydrogen) atoms. The number of hydrogen-bond donors (Lipinski definition) is 0. The summed E-state index contributed by atoms with van der Waals surface area (Å²) in [5, 5.41) is 0. The highest BCUT2D eigenvalue weighted by molar-refractivity contribution is 7.45. The van der Waals surface area contributed by atoms with Gasteiger partial charge in [-0.25, -0.2) is 0 Å². The first-order valence-corrected chi connectivity index (χ1v) is 32.0. The molecular weight excluding hydrogens is 906 g/mol. The van der Waals surface area contributed by atoms with Crippen LogP contribution >= 0.6 is 7.82 Å². The molecular formula is C61H118NO8P. The molecule has 0 aromatic rings. The minimum atomic E-state index is -4.63. The number of nitrogens with zero attached hydrogens (tertiary/aromatic N) is 1. The van der Waals surface area contributed by atoms with Crippen molar-refractivity contribution in [2.75, 3.05) is 47.5 Å². The lowest BCUT2D eigenvalue weighted by atomic mass is 10.0.